The lowest BCUT2D eigenvalue weighted by molar-refractivity contribution is -0.115. The highest BCUT2D eigenvalue weighted by Crippen LogP contribution is 2.19. The highest BCUT2D eigenvalue weighted by Gasteiger charge is 2.23. The normalized spacial score (nSPS) is 12.8. The maximum Gasteiger partial charge on any atom is 0.335 e. The maximum absolute atomic E-state index is 11.7. The Morgan fingerprint density at radius 2 is 1.89 bits per heavy atom. The SMILES string of the molecule is CC(C(=O)Nc1cc(Cl)cc(C(=O)O)c1)S(C)(=O)=O. The lowest BCUT2D eigenvalue weighted by Gasteiger charge is -2.11. The van der Waals surface area contributed by atoms with Crippen LogP contribution in [-0.4, -0.2) is 36.9 Å². The van der Waals surface area contributed by atoms with Gasteiger partial charge in [0.25, 0.3) is 0 Å². The summed E-state index contributed by atoms with van der Waals surface area (Å²) in [6, 6.07) is 3.75. The number of aromatic carboxylic acids is 1. The van der Waals surface area contributed by atoms with Crippen LogP contribution in [0.3, 0.4) is 0 Å². The number of carboxylic acids is 1. The number of carboxylic acid groups (broad SMARTS) is 1. The molecule has 0 aliphatic rings. The first kappa shape index (κ1) is 15.5. The zero-order valence-corrected chi connectivity index (χ0v) is 11.7. The van der Waals surface area contributed by atoms with Crippen molar-refractivity contribution in [2.45, 2.75) is 12.2 Å². The van der Waals surface area contributed by atoms with Gasteiger partial charge in [-0.15, -0.1) is 0 Å². The van der Waals surface area contributed by atoms with Gasteiger partial charge in [-0.25, -0.2) is 13.2 Å². The minimum Gasteiger partial charge on any atom is -0.478 e. The highest BCUT2D eigenvalue weighted by molar-refractivity contribution is 7.92. The Kier molecular flexibility index (Phi) is 4.54. The van der Waals surface area contributed by atoms with E-state index in [0.717, 1.165) is 6.26 Å². The van der Waals surface area contributed by atoms with E-state index >= 15 is 0 Å². The predicted octanol–water partition coefficient (Wildman–Crippen LogP) is 1.41. The van der Waals surface area contributed by atoms with Gasteiger partial charge < -0.3 is 10.4 Å². The lowest BCUT2D eigenvalue weighted by Crippen LogP contribution is -2.31. The Balaban J connectivity index is 3.01. The summed E-state index contributed by atoms with van der Waals surface area (Å²) in [5.41, 5.74) is 0.0280. The van der Waals surface area contributed by atoms with E-state index in [1.54, 1.807) is 0 Å². The number of carbonyl (C=O) groups is 2. The summed E-state index contributed by atoms with van der Waals surface area (Å²) >= 11 is 5.71. The number of hydrogen-bond acceptors (Lipinski definition) is 4. The molecule has 1 aromatic carbocycles. The van der Waals surface area contributed by atoms with Crippen LogP contribution in [0.4, 0.5) is 5.69 Å². The van der Waals surface area contributed by atoms with Gasteiger partial charge in [0, 0.05) is 17.0 Å². The van der Waals surface area contributed by atoms with Crippen molar-refractivity contribution in [2.24, 2.45) is 0 Å². The van der Waals surface area contributed by atoms with Crippen LogP contribution in [0.1, 0.15) is 17.3 Å². The zero-order valence-electron chi connectivity index (χ0n) is 10.2. The number of sulfone groups is 1. The first-order chi connectivity index (χ1) is 8.61. The Hall–Kier alpha value is -1.60. The van der Waals surface area contributed by atoms with E-state index in [1.807, 2.05) is 0 Å². The number of carbonyl (C=O) groups excluding carboxylic acids is 1. The summed E-state index contributed by atoms with van der Waals surface area (Å²) in [4.78, 5) is 22.5. The maximum atomic E-state index is 11.7. The molecule has 0 saturated heterocycles. The number of rotatable bonds is 4. The molecule has 6 nitrogen and oxygen atoms in total. The molecule has 104 valence electrons. The molecule has 8 heteroatoms. The van der Waals surface area contributed by atoms with Gasteiger partial charge in [-0.3, -0.25) is 4.79 Å². The summed E-state index contributed by atoms with van der Waals surface area (Å²) < 4.78 is 22.4. The molecule has 19 heavy (non-hydrogen) atoms. The molecule has 1 amide bonds. The van der Waals surface area contributed by atoms with Crippen LogP contribution in [0.25, 0.3) is 0 Å². The van der Waals surface area contributed by atoms with Crippen molar-refractivity contribution >= 4 is 39.0 Å². The Bertz CT molecular complexity index is 626. The third-order valence-corrected chi connectivity index (χ3v) is 4.14. The second-order valence-corrected chi connectivity index (χ2v) is 6.80. The monoisotopic (exact) mass is 305 g/mol. The number of anilines is 1. The molecule has 2 N–H and O–H groups in total. The molecular formula is C11H12ClNO5S. The first-order valence-electron chi connectivity index (χ1n) is 5.15. The molecule has 0 saturated carbocycles. The number of halogens is 1. The fourth-order valence-corrected chi connectivity index (χ4v) is 1.91. The molecule has 1 rings (SSSR count). The van der Waals surface area contributed by atoms with E-state index in [2.05, 4.69) is 5.32 Å². The van der Waals surface area contributed by atoms with Gasteiger partial charge in [0.15, 0.2) is 9.84 Å². The quantitative estimate of drug-likeness (QED) is 0.876. The Morgan fingerprint density at radius 3 is 2.37 bits per heavy atom. The van der Waals surface area contributed by atoms with E-state index in [9.17, 15) is 18.0 Å². The van der Waals surface area contributed by atoms with Crippen LogP contribution in [0.5, 0.6) is 0 Å². The molecule has 1 unspecified atom stereocenters. The van der Waals surface area contributed by atoms with Gasteiger partial charge >= 0.3 is 5.97 Å². The van der Waals surface area contributed by atoms with Crippen molar-refractivity contribution < 1.29 is 23.1 Å². The average molecular weight is 306 g/mol. The third-order valence-electron chi connectivity index (χ3n) is 2.42. The average Bonchev–Trinajstić information content (AvgIpc) is 2.25. The van der Waals surface area contributed by atoms with E-state index in [4.69, 9.17) is 16.7 Å². The number of nitrogens with one attached hydrogen (secondary N) is 1. The topological polar surface area (TPSA) is 101 Å². The van der Waals surface area contributed by atoms with Crippen molar-refractivity contribution in [3.05, 3.63) is 28.8 Å². The Labute approximate surface area is 115 Å². The molecule has 0 fully saturated rings. The molecule has 0 radical (unpaired) electrons. The van der Waals surface area contributed by atoms with Gasteiger partial charge in [-0.05, 0) is 25.1 Å². The van der Waals surface area contributed by atoms with Crippen molar-refractivity contribution in [1.82, 2.24) is 0 Å². The minimum absolute atomic E-state index is 0.102. The standard InChI is InChI=1S/C11H12ClNO5S/c1-6(19(2,17)18)10(14)13-9-4-7(11(15)16)3-8(12)5-9/h3-6H,1-2H3,(H,13,14)(H,15,16). The summed E-state index contributed by atoms with van der Waals surface area (Å²) in [7, 11) is -3.52. The molecule has 0 spiro atoms. The van der Waals surface area contributed by atoms with Gasteiger partial charge in [0.1, 0.15) is 5.25 Å². The highest BCUT2D eigenvalue weighted by atomic mass is 35.5. The summed E-state index contributed by atoms with van der Waals surface area (Å²) in [5.74, 6) is -1.95. The number of benzene rings is 1. The lowest BCUT2D eigenvalue weighted by atomic mass is 10.2. The van der Waals surface area contributed by atoms with Crippen molar-refractivity contribution in [2.75, 3.05) is 11.6 Å². The van der Waals surface area contributed by atoms with Crippen LogP contribution >= 0.6 is 11.6 Å². The summed E-state index contributed by atoms with van der Waals surface area (Å²) in [6.45, 7) is 1.24. The van der Waals surface area contributed by atoms with Crippen molar-refractivity contribution in [1.29, 1.82) is 0 Å². The third kappa shape index (κ3) is 4.22. The van der Waals surface area contributed by atoms with Crippen LogP contribution in [-0.2, 0) is 14.6 Å². The molecule has 1 atom stereocenters. The summed E-state index contributed by atoms with van der Waals surface area (Å²) in [5, 5.41) is 10.0. The second-order valence-electron chi connectivity index (χ2n) is 3.99. The van der Waals surface area contributed by atoms with Gasteiger partial charge in [-0.2, -0.15) is 0 Å². The van der Waals surface area contributed by atoms with Gasteiger partial charge in [0.2, 0.25) is 5.91 Å². The zero-order chi connectivity index (χ0) is 14.8. The largest absolute Gasteiger partial charge is 0.478 e. The first-order valence-corrected chi connectivity index (χ1v) is 7.48. The van der Waals surface area contributed by atoms with Gasteiger partial charge in [0.05, 0.1) is 5.56 Å². The van der Waals surface area contributed by atoms with Gasteiger partial charge in [-0.1, -0.05) is 11.6 Å². The number of hydrogen-bond donors (Lipinski definition) is 2. The molecule has 0 heterocycles. The summed E-state index contributed by atoms with van der Waals surface area (Å²) in [6.07, 6.45) is 0.942. The molecule has 0 aliphatic carbocycles. The molecule has 0 aliphatic heterocycles. The smallest absolute Gasteiger partial charge is 0.335 e. The fraction of sp³-hybridized carbons (Fsp3) is 0.273. The van der Waals surface area contributed by atoms with E-state index in [-0.39, 0.29) is 16.3 Å². The Morgan fingerprint density at radius 1 is 1.32 bits per heavy atom. The van der Waals surface area contributed by atoms with Crippen LogP contribution < -0.4 is 5.32 Å². The van der Waals surface area contributed by atoms with Crippen LogP contribution in [0.2, 0.25) is 5.02 Å². The van der Waals surface area contributed by atoms with Crippen LogP contribution in [0.15, 0.2) is 18.2 Å². The number of amides is 1. The van der Waals surface area contributed by atoms with Crippen LogP contribution in [0, 0.1) is 0 Å². The molecule has 1 aromatic rings. The minimum atomic E-state index is -3.52. The molecule has 0 bridgehead atoms. The molecular weight excluding hydrogens is 294 g/mol. The second kappa shape index (κ2) is 5.58. The van der Waals surface area contributed by atoms with E-state index in [0.29, 0.717) is 0 Å². The fourth-order valence-electron chi connectivity index (χ4n) is 1.22. The predicted molar refractivity (Wildman–Crippen MR) is 71.3 cm³/mol. The van der Waals surface area contributed by atoms with E-state index in [1.165, 1.54) is 25.1 Å². The molecule has 0 aromatic heterocycles. The van der Waals surface area contributed by atoms with Crippen molar-refractivity contribution in [3.63, 3.8) is 0 Å². The van der Waals surface area contributed by atoms with Crippen molar-refractivity contribution in [3.8, 4) is 0 Å². The van der Waals surface area contributed by atoms with E-state index < -0.39 is 27.0 Å².